The molecule has 5 heteroatoms. The van der Waals surface area contributed by atoms with E-state index in [1.165, 1.54) is 4.90 Å². The second-order valence-corrected chi connectivity index (χ2v) is 6.43. The molecule has 0 saturated carbocycles. The van der Waals surface area contributed by atoms with Crippen molar-refractivity contribution in [2.75, 3.05) is 13.2 Å². The molecule has 4 rings (SSSR count). The Morgan fingerprint density at radius 2 is 1.76 bits per heavy atom. The molecule has 2 amide bonds. The van der Waals surface area contributed by atoms with Gasteiger partial charge in [0.05, 0.1) is 12.6 Å². The van der Waals surface area contributed by atoms with Crippen LogP contribution in [0.15, 0.2) is 54.6 Å². The lowest BCUT2D eigenvalue weighted by atomic mass is 9.96. The summed E-state index contributed by atoms with van der Waals surface area (Å²) in [5.74, 6) is 0.605. The van der Waals surface area contributed by atoms with Gasteiger partial charge in [0.25, 0.3) is 0 Å². The zero-order valence-electron chi connectivity index (χ0n) is 13.8. The van der Waals surface area contributed by atoms with Crippen molar-refractivity contribution >= 4 is 12.0 Å². The van der Waals surface area contributed by atoms with Crippen LogP contribution in [0.4, 0.5) is 4.79 Å². The third kappa shape index (κ3) is 3.09. The molecule has 25 heavy (non-hydrogen) atoms. The van der Waals surface area contributed by atoms with Crippen LogP contribution in [0.25, 0.3) is 0 Å². The first-order chi connectivity index (χ1) is 12.2. The van der Waals surface area contributed by atoms with Gasteiger partial charge in [-0.15, -0.1) is 0 Å². The van der Waals surface area contributed by atoms with Crippen LogP contribution in [0.2, 0.25) is 0 Å². The van der Waals surface area contributed by atoms with Crippen molar-refractivity contribution in [2.45, 2.75) is 24.8 Å². The zero-order valence-corrected chi connectivity index (χ0v) is 13.8. The van der Waals surface area contributed by atoms with Gasteiger partial charge in [-0.3, -0.25) is 4.79 Å². The minimum Gasteiger partial charge on any atom is -0.493 e. The van der Waals surface area contributed by atoms with E-state index in [-0.39, 0.29) is 30.9 Å². The van der Waals surface area contributed by atoms with Crippen LogP contribution in [-0.2, 0) is 16.0 Å². The minimum atomic E-state index is -0.543. The van der Waals surface area contributed by atoms with Crippen molar-refractivity contribution in [2.24, 2.45) is 0 Å². The number of cyclic esters (lactones) is 1. The summed E-state index contributed by atoms with van der Waals surface area (Å²) in [6.45, 7) is 0.717. The quantitative estimate of drug-likeness (QED) is 0.860. The number of fused-ring (bicyclic) bond motifs is 1. The fourth-order valence-corrected chi connectivity index (χ4v) is 3.51. The topological polar surface area (TPSA) is 55.8 Å². The molecule has 0 radical (unpaired) electrons. The Morgan fingerprint density at radius 1 is 1.00 bits per heavy atom. The van der Waals surface area contributed by atoms with E-state index in [9.17, 15) is 9.59 Å². The lowest BCUT2D eigenvalue weighted by Gasteiger charge is -2.21. The van der Waals surface area contributed by atoms with E-state index in [2.05, 4.69) is 0 Å². The molecule has 5 nitrogen and oxygen atoms in total. The summed E-state index contributed by atoms with van der Waals surface area (Å²) in [5, 5.41) is 0. The normalized spacial score (nSPS) is 21.6. The van der Waals surface area contributed by atoms with Crippen molar-refractivity contribution in [3.8, 4) is 5.75 Å². The molecule has 0 aromatic heterocycles. The predicted molar refractivity (Wildman–Crippen MR) is 91.4 cm³/mol. The second kappa shape index (κ2) is 6.59. The molecular weight excluding hydrogens is 318 g/mol. The molecule has 2 aliphatic heterocycles. The Balaban J connectivity index is 1.47. The second-order valence-electron chi connectivity index (χ2n) is 6.43. The van der Waals surface area contributed by atoms with Crippen LogP contribution in [0.1, 0.15) is 23.5 Å². The van der Waals surface area contributed by atoms with Gasteiger partial charge in [-0.1, -0.05) is 48.5 Å². The fourth-order valence-electron chi connectivity index (χ4n) is 3.51. The number of benzene rings is 2. The third-order valence-electron chi connectivity index (χ3n) is 4.76. The number of hydrogen-bond donors (Lipinski definition) is 0. The summed E-state index contributed by atoms with van der Waals surface area (Å²) in [5.41, 5.74) is 2.11. The number of carbonyl (C=O) groups is 2. The standard InChI is InChI=1S/C20H19NO4/c22-19(11-15-12-24-18-9-5-4-8-17(15)18)21-16(13-25-20(21)23)10-14-6-2-1-3-7-14/h1-9,15-16H,10-13H2/t15-,16-/m0/s1. The van der Waals surface area contributed by atoms with E-state index < -0.39 is 6.09 Å². The maximum absolute atomic E-state index is 12.8. The summed E-state index contributed by atoms with van der Waals surface area (Å²) in [7, 11) is 0. The van der Waals surface area contributed by atoms with Gasteiger partial charge in [0.1, 0.15) is 12.4 Å². The lowest BCUT2D eigenvalue weighted by Crippen LogP contribution is -2.40. The highest BCUT2D eigenvalue weighted by Gasteiger charge is 2.39. The zero-order chi connectivity index (χ0) is 17.2. The predicted octanol–water partition coefficient (Wildman–Crippen LogP) is 3.14. The van der Waals surface area contributed by atoms with Gasteiger partial charge in [0.2, 0.25) is 5.91 Å². The van der Waals surface area contributed by atoms with Gasteiger partial charge in [0, 0.05) is 17.9 Å². The van der Waals surface area contributed by atoms with E-state index in [0.29, 0.717) is 13.0 Å². The van der Waals surface area contributed by atoms with Crippen LogP contribution in [0, 0.1) is 0 Å². The van der Waals surface area contributed by atoms with Crippen molar-refractivity contribution in [3.63, 3.8) is 0 Å². The molecule has 0 bridgehead atoms. The molecule has 0 aliphatic carbocycles. The first-order valence-electron chi connectivity index (χ1n) is 8.47. The molecule has 2 aliphatic rings. The number of rotatable bonds is 4. The Morgan fingerprint density at radius 3 is 2.60 bits per heavy atom. The van der Waals surface area contributed by atoms with E-state index in [1.54, 1.807) is 0 Å². The third-order valence-corrected chi connectivity index (χ3v) is 4.76. The number of para-hydroxylation sites is 1. The van der Waals surface area contributed by atoms with Crippen molar-refractivity contribution in [1.82, 2.24) is 4.90 Å². The first-order valence-corrected chi connectivity index (χ1v) is 8.47. The average Bonchev–Trinajstić information content (AvgIpc) is 3.20. The van der Waals surface area contributed by atoms with Gasteiger partial charge in [-0.25, -0.2) is 9.69 Å². The van der Waals surface area contributed by atoms with Gasteiger partial charge in [-0.2, -0.15) is 0 Å². The SMILES string of the molecule is O=C(C[C@H]1COc2ccccc21)N1C(=O)OC[C@@H]1Cc1ccccc1. The van der Waals surface area contributed by atoms with Gasteiger partial charge in [-0.05, 0) is 18.1 Å². The van der Waals surface area contributed by atoms with Crippen molar-refractivity contribution in [3.05, 3.63) is 65.7 Å². The molecule has 128 valence electrons. The molecule has 0 N–H and O–H groups in total. The Kier molecular flexibility index (Phi) is 4.14. The number of amides is 2. The smallest absolute Gasteiger partial charge is 0.416 e. The fraction of sp³-hybridized carbons (Fsp3) is 0.300. The number of imide groups is 1. The van der Waals surface area contributed by atoms with Crippen LogP contribution in [0.5, 0.6) is 5.75 Å². The summed E-state index contributed by atoms with van der Waals surface area (Å²) in [6, 6.07) is 17.3. The molecule has 2 atom stereocenters. The monoisotopic (exact) mass is 337 g/mol. The maximum Gasteiger partial charge on any atom is 0.416 e. The van der Waals surface area contributed by atoms with E-state index in [1.807, 2.05) is 54.6 Å². The van der Waals surface area contributed by atoms with Crippen LogP contribution in [0.3, 0.4) is 0 Å². The minimum absolute atomic E-state index is 0.0190. The molecule has 1 saturated heterocycles. The highest BCUT2D eigenvalue weighted by Crippen LogP contribution is 2.36. The molecular formula is C20H19NO4. The van der Waals surface area contributed by atoms with Crippen LogP contribution < -0.4 is 4.74 Å². The lowest BCUT2D eigenvalue weighted by molar-refractivity contribution is -0.129. The van der Waals surface area contributed by atoms with Crippen molar-refractivity contribution in [1.29, 1.82) is 0 Å². The molecule has 1 fully saturated rings. The highest BCUT2D eigenvalue weighted by molar-refractivity contribution is 5.94. The molecule has 2 aromatic rings. The van der Waals surface area contributed by atoms with Gasteiger partial charge < -0.3 is 9.47 Å². The first kappa shape index (κ1) is 15.7. The summed E-state index contributed by atoms with van der Waals surface area (Å²) in [6.07, 6.45) is 0.311. The molecule has 0 spiro atoms. The van der Waals surface area contributed by atoms with Gasteiger partial charge in [0.15, 0.2) is 0 Å². The Bertz CT molecular complexity index is 789. The van der Waals surface area contributed by atoms with E-state index >= 15 is 0 Å². The van der Waals surface area contributed by atoms with Crippen molar-refractivity contribution < 1.29 is 19.1 Å². The van der Waals surface area contributed by atoms with Gasteiger partial charge >= 0.3 is 6.09 Å². The Labute approximate surface area is 146 Å². The van der Waals surface area contributed by atoms with E-state index in [0.717, 1.165) is 16.9 Å². The maximum atomic E-state index is 12.8. The largest absolute Gasteiger partial charge is 0.493 e. The van der Waals surface area contributed by atoms with E-state index in [4.69, 9.17) is 9.47 Å². The average molecular weight is 337 g/mol. The number of carbonyl (C=O) groups excluding carboxylic acids is 2. The number of ether oxygens (including phenoxy) is 2. The van der Waals surface area contributed by atoms with Crippen LogP contribution in [-0.4, -0.2) is 36.2 Å². The number of hydrogen-bond acceptors (Lipinski definition) is 4. The summed E-state index contributed by atoms with van der Waals surface area (Å²) < 4.78 is 10.8. The summed E-state index contributed by atoms with van der Waals surface area (Å²) in [4.78, 5) is 26.2. The van der Waals surface area contributed by atoms with Crippen LogP contribution >= 0.6 is 0 Å². The Hall–Kier alpha value is -2.82. The molecule has 2 aromatic carbocycles. The molecule has 2 heterocycles. The summed E-state index contributed by atoms with van der Waals surface area (Å²) >= 11 is 0. The highest BCUT2D eigenvalue weighted by atomic mass is 16.6. The number of nitrogens with zero attached hydrogens (tertiary/aromatic N) is 1. The molecule has 0 unspecified atom stereocenters.